The van der Waals surface area contributed by atoms with Crippen molar-refractivity contribution in [3.63, 3.8) is 0 Å². The largest absolute Gasteiger partial charge is 0.497 e. The lowest BCUT2D eigenvalue weighted by atomic mass is 10.1. The number of aryl methyl sites for hydroxylation is 1. The highest BCUT2D eigenvalue weighted by atomic mass is 32.2. The van der Waals surface area contributed by atoms with E-state index in [0.29, 0.717) is 4.58 Å². The molecule has 1 aliphatic heterocycles. The molecule has 3 aromatic carbocycles. The zero-order valence-electron chi connectivity index (χ0n) is 15.9. The molecule has 0 radical (unpaired) electrons. The molecule has 1 aromatic heterocycles. The highest BCUT2D eigenvalue weighted by Crippen LogP contribution is 2.59. The van der Waals surface area contributed by atoms with Crippen molar-refractivity contribution in [3.8, 4) is 17.0 Å². The molecule has 0 unspecified atom stereocenters. The van der Waals surface area contributed by atoms with Gasteiger partial charge in [-0.05, 0) is 55.0 Å². The first-order valence-corrected chi connectivity index (χ1v) is 11.2. The molecule has 4 heteroatoms. The smallest absolute Gasteiger partial charge is 0.118 e. The molecule has 28 heavy (non-hydrogen) atoms. The van der Waals surface area contributed by atoms with Gasteiger partial charge in [-0.2, -0.15) is 0 Å². The molecule has 140 valence electrons. The number of para-hydroxylation sites is 1. The van der Waals surface area contributed by atoms with Gasteiger partial charge in [0.05, 0.1) is 17.4 Å². The van der Waals surface area contributed by atoms with Crippen LogP contribution in [0.15, 0.2) is 82.6 Å². The Morgan fingerprint density at radius 3 is 2.14 bits per heavy atom. The van der Waals surface area contributed by atoms with Crippen LogP contribution in [0.25, 0.3) is 22.2 Å². The van der Waals surface area contributed by atoms with Crippen molar-refractivity contribution >= 4 is 34.4 Å². The molecular formula is C24H21NOS2. The van der Waals surface area contributed by atoms with Gasteiger partial charge in [0.25, 0.3) is 0 Å². The number of ether oxygens (including phenoxy) is 1. The van der Waals surface area contributed by atoms with Gasteiger partial charge in [0, 0.05) is 32.8 Å². The van der Waals surface area contributed by atoms with Crippen molar-refractivity contribution in [3.05, 3.63) is 78.4 Å². The van der Waals surface area contributed by atoms with E-state index in [2.05, 4.69) is 84.3 Å². The van der Waals surface area contributed by atoms with Gasteiger partial charge in [0.15, 0.2) is 0 Å². The minimum Gasteiger partial charge on any atom is -0.497 e. The molecule has 0 fully saturated rings. The van der Waals surface area contributed by atoms with Gasteiger partial charge in [0.1, 0.15) is 5.75 Å². The number of hydrogen-bond donors (Lipinski definition) is 0. The van der Waals surface area contributed by atoms with E-state index >= 15 is 0 Å². The van der Waals surface area contributed by atoms with Crippen LogP contribution in [0.3, 0.4) is 0 Å². The minimum atomic E-state index is 0.354. The van der Waals surface area contributed by atoms with E-state index in [1.54, 1.807) is 7.11 Å². The van der Waals surface area contributed by atoms with E-state index in [1.165, 1.54) is 37.5 Å². The number of rotatable bonds is 4. The molecule has 4 aromatic rings. The fourth-order valence-electron chi connectivity index (χ4n) is 3.97. The van der Waals surface area contributed by atoms with Crippen molar-refractivity contribution in [2.75, 3.05) is 7.11 Å². The Hall–Kier alpha value is -2.30. The molecule has 5 rings (SSSR count). The predicted molar refractivity (Wildman–Crippen MR) is 120 cm³/mol. The summed E-state index contributed by atoms with van der Waals surface area (Å²) < 4.78 is 8.19. The lowest BCUT2D eigenvalue weighted by molar-refractivity contribution is 0.415. The van der Waals surface area contributed by atoms with Gasteiger partial charge < -0.3 is 9.30 Å². The van der Waals surface area contributed by atoms with Crippen LogP contribution in [0, 0.1) is 0 Å². The second-order valence-corrected chi connectivity index (χ2v) is 9.36. The molecule has 0 saturated heterocycles. The lowest BCUT2D eigenvalue weighted by Crippen LogP contribution is -1.99. The molecule has 0 N–H and O–H groups in total. The summed E-state index contributed by atoms with van der Waals surface area (Å²) >= 11 is 3.94. The fourth-order valence-corrected chi connectivity index (χ4v) is 6.93. The zero-order chi connectivity index (χ0) is 19.1. The maximum Gasteiger partial charge on any atom is 0.118 e. The summed E-state index contributed by atoms with van der Waals surface area (Å²) in [5.41, 5.74) is 5.30. The van der Waals surface area contributed by atoms with E-state index in [0.717, 1.165) is 12.3 Å². The van der Waals surface area contributed by atoms with Crippen molar-refractivity contribution in [2.45, 2.75) is 27.8 Å². The van der Waals surface area contributed by atoms with E-state index in [-0.39, 0.29) is 0 Å². The van der Waals surface area contributed by atoms with Gasteiger partial charge in [-0.3, -0.25) is 0 Å². The average molecular weight is 404 g/mol. The highest BCUT2D eigenvalue weighted by molar-refractivity contribution is 8.19. The van der Waals surface area contributed by atoms with Crippen molar-refractivity contribution < 1.29 is 4.74 Å². The first-order chi connectivity index (χ1) is 13.8. The first kappa shape index (κ1) is 17.8. The van der Waals surface area contributed by atoms with Crippen LogP contribution < -0.4 is 4.74 Å². The molecule has 0 atom stereocenters. The summed E-state index contributed by atoms with van der Waals surface area (Å²) in [6, 6.07) is 26.0. The molecule has 0 amide bonds. The third-order valence-corrected chi connectivity index (χ3v) is 8.07. The van der Waals surface area contributed by atoms with Crippen molar-refractivity contribution in [2.24, 2.45) is 0 Å². The van der Waals surface area contributed by atoms with E-state index in [9.17, 15) is 0 Å². The summed E-state index contributed by atoms with van der Waals surface area (Å²) in [7, 11) is 1.71. The number of methoxy groups -OCH3 is 1. The number of benzene rings is 3. The Kier molecular flexibility index (Phi) is 4.61. The van der Waals surface area contributed by atoms with Gasteiger partial charge in [-0.15, -0.1) is 23.5 Å². The third kappa shape index (κ3) is 2.83. The molecule has 1 aliphatic rings. The number of fused-ring (bicyclic) bond motifs is 2. The van der Waals surface area contributed by atoms with Crippen LogP contribution in [-0.2, 0) is 6.54 Å². The molecule has 0 bridgehead atoms. The summed E-state index contributed by atoms with van der Waals surface area (Å²) in [5.74, 6) is 0.890. The van der Waals surface area contributed by atoms with Crippen molar-refractivity contribution in [1.29, 1.82) is 0 Å². The van der Waals surface area contributed by atoms with Gasteiger partial charge in [0.2, 0.25) is 0 Å². The van der Waals surface area contributed by atoms with Gasteiger partial charge in [-0.1, -0.05) is 30.3 Å². The van der Waals surface area contributed by atoms with E-state index in [4.69, 9.17) is 4.74 Å². The molecule has 2 heterocycles. The minimum absolute atomic E-state index is 0.354. The SMILES string of the molecule is CCn1c(-c2ccc(OC)cc2)c(C2Sc3ccccc3S2)c2ccccc21. The molecule has 0 aliphatic carbocycles. The van der Waals surface area contributed by atoms with Crippen LogP contribution in [0.4, 0.5) is 0 Å². The standard InChI is InChI=1S/C24H21NOS2/c1-3-25-19-9-5-4-8-18(19)22(23(25)16-12-14-17(26-2)15-13-16)24-27-20-10-6-7-11-21(20)28-24/h4-15,24H,3H2,1-2H3. The van der Waals surface area contributed by atoms with Crippen molar-refractivity contribution in [1.82, 2.24) is 4.57 Å². The van der Waals surface area contributed by atoms with Gasteiger partial charge >= 0.3 is 0 Å². The van der Waals surface area contributed by atoms with Gasteiger partial charge in [-0.25, -0.2) is 0 Å². The average Bonchev–Trinajstić information content (AvgIpc) is 3.32. The zero-order valence-corrected chi connectivity index (χ0v) is 17.5. The second-order valence-electron chi connectivity index (χ2n) is 6.77. The molecule has 0 spiro atoms. The fraction of sp³-hybridized carbons (Fsp3) is 0.167. The second kappa shape index (κ2) is 7.26. The normalized spacial score (nSPS) is 13.8. The summed E-state index contributed by atoms with van der Waals surface area (Å²) in [6.07, 6.45) is 0. The maximum absolute atomic E-state index is 5.38. The Balaban J connectivity index is 1.73. The quantitative estimate of drug-likeness (QED) is 0.357. The van der Waals surface area contributed by atoms with E-state index < -0.39 is 0 Å². The van der Waals surface area contributed by atoms with Crippen LogP contribution >= 0.6 is 23.5 Å². The number of hydrogen-bond acceptors (Lipinski definition) is 3. The Labute approximate surface area is 173 Å². The summed E-state index contributed by atoms with van der Waals surface area (Å²) in [4.78, 5) is 2.76. The Bertz CT molecular complexity index is 1120. The predicted octanol–water partition coefficient (Wildman–Crippen LogP) is 7.23. The van der Waals surface area contributed by atoms with Crippen LogP contribution in [0.1, 0.15) is 17.1 Å². The molecular weight excluding hydrogens is 382 g/mol. The maximum atomic E-state index is 5.38. The van der Waals surface area contributed by atoms with E-state index in [1.807, 2.05) is 23.5 Å². The first-order valence-electron chi connectivity index (χ1n) is 9.48. The molecule has 0 saturated carbocycles. The highest BCUT2D eigenvalue weighted by Gasteiger charge is 2.30. The topological polar surface area (TPSA) is 14.2 Å². The molecule has 2 nitrogen and oxygen atoms in total. The van der Waals surface area contributed by atoms with Crippen LogP contribution in [0.2, 0.25) is 0 Å². The summed E-state index contributed by atoms with van der Waals surface area (Å²) in [6.45, 7) is 3.17. The number of thioether (sulfide) groups is 2. The lowest BCUT2D eigenvalue weighted by Gasteiger charge is -2.14. The number of aromatic nitrogens is 1. The van der Waals surface area contributed by atoms with Crippen LogP contribution in [-0.4, -0.2) is 11.7 Å². The third-order valence-electron chi connectivity index (χ3n) is 5.24. The summed E-state index contributed by atoms with van der Waals surface area (Å²) in [5, 5.41) is 1.35. The number of nitrogens with zero attached hydrogens (tertiary/aromatic N) is 1. The Morgan fingerprint density at radius 2 is 1.50 bits per heavy atom. The Morgan fingerprint density at radius 1 is 0.857 bits per heavy atom. The monoisotopic (exact) mass is 403 g/mol. The van der Waals surface area contributed by atoms with Crippen LogP contribution in [0.5, 0.6) is 5.75 Å².